The monoisotopic (exact) mass is 572 g/mol. The van der Waals surface area contributed by atoms with Crippen LogP contribution in [0.1, 0.15) is 38.8 Å². The molecule has 0 bridgehead atoms. The number of carbonyl (C=O) groups excluding carboxylic acids is 1. The number of rotatable bonds is 7. The minimum absolute atomic E-state index is 0.105. The van der Waals surface area contributed by atoms with Crippen LogP contribution >= 0.6 is 23.2 Å². The van der Waals surface area contributed by atoms with Crippen molar-refractivity contribution in [1.29, 1.82) is 0 Å². The Morgan fingerprint density at radius 1 is 1.16 bits per heavy atom. The summed E-state index contributed by atoms with van der Waals surface area (Å²) < 4.78 is 29.0. The number of amides is 1. The summed E-state index contributed by atoms with van der Waals surface area (Å²) in [6, 6.07) is 15.7. The van der Waals surface area contributed by atoms with Crippen molar-refractivity contribution in [3.8, 4) is 0 Å². The van der Waals surface area contributed by atoms with Gasteiger partial charge in [-0.05, 0) is 65.9 Å². The molecule has 2 N–H and O–H groups in total. The summed E-state index contributed by atoms with van der Waals surface area (Å²) in [4.78, 5) is 15.2. The number of aliphatic hydroxyl groups is 1. The molecule has 5 rings (SSSR count). The second-order valence-electron chi connectivity index (χ2n) is 9.40. The summed E-state index contributed by atoms with van der Waals surface area (Å²) in [5.41, 5.74) is 4.12. The zero-order valence-electron chi connectivity index (χ0n) is 20.6. The molecule has 38 heavy (non-hydrogen) atoms. The van der Waals surface area contributed by atoms with E-state index in [9.17, 15) is 18.3 Å². The fourth-order valence-electron chi connectivity index (χ4n) is 4.75. The summed E-state index contributed by atoms with van der Waals surface area (Å²) in [5.74, 6) is -0.105. The highest BCUT2D eigenvalue weighted by atomic mass is 35.5. The van der Waals surface area contributed by atoms with Crippen LogP contribution in [0.15, 0.2) is 70.2 Å². The van der Waals surface area contributed by atoms with Gasteiger partial charge in [-0.2, -0.15) is 0 Å². The molecule has 0 aliphatic carbocycles. The van der Waals surface area contributed by atoms with Crippen LogP contribution in [-0.2, 0) is 29.2 Å². The number of halogens is 2. The molecule has 1 amide bonds. The van der Waals surface area contributed by atoms with Crippen LogP contribution in [-0.4, -0.2) is 43.7 Å². The van der Waals surface area contributed by atoms with Gasteiger partial charge in [0.05, 0.1) is 16.2 Å². The van der Waals surface area contributed by atoms with Crippen molar-refractivity contribution in [3.05, 3.63) is 98.7 Å². The molecular formula is C28H26Cl2N2O5S. The fourth-order valence-corrected chi connectivity index (χ4v) is 6.24. The van der Waals surface area contributed by atoms with E-state index in [-0.39, 0.29) is 10.8 Å². The summed E-state index contributed by atoms with van der Waals surface area (Å²) in [5, 5.41) is 15.5. The summed E-state index contributed by atoms with van der Waals surface area (Å²) in [6.45, 7) is 1.20. The van der Waals surface area contributed by atoms with Gasteiger partial charge < -0.3 is 14.4 Å². The maximum Gasteiger partial charge on any atom is 0.254 e. The molecule has 0 radical (unpaired) electrons. The number of nitrogens with zero attached hydrogens (tertiary/aromatic N) is 1. The van der Waals surface area contributed by atoms with Gasteiger partial charge in [0, 0.05) is 47.4 Å². The van der Waals surface area contributed by atoms with E-state index in [1.807, 2.05) is 18.2 Å². The second kappa shape index (κ2) is 10.7. The summed E-state index contributed by atoms with van der Waals surface area (Å²) in [7, 11) is -3.29. The van der Waals surface area contributed by atoms with Gasteiger partial charge in [0.15, 0.2) is 9.84 Å². The quantitative estimate of drug-likeness (QED) is 0.296. The van der Waals surface area contributed by atoms with Crippen LogP contribution in [0.5, 0.6) is 0 Å². The Morgan fingerprint density at radius 2 is 1.97 bits per heavy atom. The van der Waals surface area contributed by atoms with Crippen molar-refractivity contribution in [2.75, 3.05) is 19.3 Å². The number of carbonyl (C=O) groups is 1. The first kappa shape index (κ1) is 26.7. The average Bonchev–Trinajstić information content (AvgIpc) is 3.35. The SMILES string of the molecule is CS(=O)(=O)c1cccc(CCNC(O)c2c(Cl)cc3c(c2Cl)CCN(C(=O)c2ccc4ccoc4c2)C3)c1. The number of furan rings is 1. The first-order valence-corrected chi connectivity index (χ1v) is 14.7. The third kappa shape index (κ3) is 5.46. The molecule has 198 valence electrons. The van der Waals surface area contributed by atoms with Crippen LogP contribution < -0.4 is 5.32 Å². The molecule has 0 spiro atoms. The normalized spacial score (nSPS) is 14.5. The van der Waals surface area contributed by atoms with Crippen molar-refractivity contribution < 1.29 is 22.7 Å². The number of hydrogen-bond acceptors (Lipinski definition) is 6. The van der Waals surface area contributed by atoms with Crippen molar-refractivity contribution >= 4 is 49.9 Å². The Hall–Kier alpha value is -2.88. The minimum Gasteiger partial charge on any atom is -0.464 e. The molecule has 1 aromatic heterocycles. The Morgan fingerprint density at radius 3 is 2.76 bits per heavy atom. The molecule has 2 heterocycles. The molecule has 1 aliphatic rings. The molecule has 0 saturated carbocycles. The van der Waals surface area contributed by atoms with Crippen molar-refractivity contribution in [3.63, 3.8) is 0 Å². The van der Waals surface area contributed by atoms with E-state index in [1.165, 1.54) is 6.26 Å². The average molecular weight is 573 g/mol. The van der Waals surface area contributed by atoms with Crippen LogP contribution in [0.4, 0.5) is 0 Å². The standard InChI is InChI=1S/C28H26Cl2N2O5S/c1-38(35,36)21-4-2-3-17(13-21)7-10-31-27(33)25-23(29)14-20-16-32(11-8-22(20)26(25)30)28(34)19-6-5-18-9-12-37-24(18)15-19/h2-6,9,12-15,27,31,33H,7-8,10-11,16H2,1H3. The van der Waals surface area contributed by atoms with Crippen LogP contribution in [0, 0.1) is 0 Å². The lowest BCUT2D eigenvalue weighted by Gasteiger charge is -2.31. The van der Waals surface area contributed by atoms with E-state index in [0.717, 1.165) is 22.1 Å². The first-order chi connectivity index (χ1) is 18.1. The van der Waals surface area contributed by atoms with Gasteiger partial charge in [0.2, 0.25) is 0 Å². The lowest BCUT2D eigenvalue weighted by molar-refractivity contribution is 0.0734. The molecule has 1 unspecified atom stereocenters. The highest BCUT2D eigenvalue weighted by Crippen LogP contribution is 2.37. The zero-order valence-corrected chi connectivity index (χ0v) is 22.9. The van der Waals surface area contributed by atoms with Crippen molar-refractivity contribution in [2.45, 2.75) is 30.5 Å². The minimum atomic E-state index is -3.29. The van der Waals surface area contributed by atoms with Gasteiger partial charge in [0.1, 0.15) is 11.8 Å². The van der Waals surface area contributed by atoms with Gasteiger partial charge in [-0.15, -0.1) is 0 Å². The van der Waals surface area contributed by atoms with Gasteiger partial charge in [-0.25, -0.2) is 8.42 Å². The van der Waals surface area contributed by atoms with E-state index in [1.54, 1.807) is 47.6 Å². The van der Waals surface area contributed by atoms with Gasteiger partial charge in [-0.1, -0.05) is 41.4 Å². The lowest BCUT2D eigenvalue weighted by Crippen LogP contribution is -2.36. The topological polar surface area (TPSA) is 99.9 Å². The summed E-state index contributed by atoms with van der Waals surface area (Å²) >= 11 is 13.3. The Balaban J connectivity index is 1.27. The van der Waals surface area contributed by atoms with E-state index in [4.69, 9.17) is 27.6 Å². The van der Waals surface area contributed by atoms with Gasteiger partial charge >= 0.3 is 0 Å². The third-order valence-corrected chi connectivity index (χ3v) is 8.64. The van der Waals surface area contributed by atoms with Gasteiger partial charge in [-0.3, -0.25) is 10.1 Å². The molecule has 4 aromatic rings. The maximum atomic E-state index is 13.2. The molecular weight excluding hydrogens is 547 g/mol. The largest absolute Gasteiger partial charge is 0.464 e. The number of hydrogen-bond donors (Lipinski definition) is 2. The third-order valence-electron chi connectivity index (χ3n) is 6.78. The number of fused-ring (bicyclic) bond motifs is 2. The Kier molecular flexibility index (Phi) is 7.53. The molecule has 1 atom stereocenters. The molecule has 3 aromatic carbocycles. The Labute approximate surface area is 230 Å². The highest BCUT2D eigenvalue weighted by Gasteiger charge is 2.28. The lowest BCUT2D eigenvalue weighted by atomic mass is 9.95. The number of aliphatic hydroxyl groups excluding tert-OH is 1. The molecule has 7 nitrogen and oxygen atoms in total. The van der Waals surface area contributed by atoms with Crippen LogP contribution in [0.25, 0.3) is 11.0 Å². The predicted molar refractivity (Wildman–Crippen MR) is 147 cm³/mol. The second-order valence-corrected chi connectivity index (χ2v) is 12.2. The van der Waals surface area contributed by atoms with E-state index >= 15 is 0 Å². The molecule has 10 heteroatoms. The van der Waals surface area contributed by atoms with Crippen LogP contribution in [0.3, 0.4) is 0 Å². The molecule has 0 saturated heterocycles. The zero-order chi connectivity index (χ0) is 27.0. The van der Waals surface area contributed by atoms with E-state index < -0.39 is 16.1 Å². The molecule has 0 fully saturated rings. The predicted octanol–water partition coefficient (Wildman–Crippen LogP) is 5.16. The van der Waals surface area contributed by atoms with Crippen LogP contribution in [0.2, 0.25) is 10.0 Å². The number of benzene rings is 3. The maximum absolute atomic E-state index is 13.2. The first-order valence-electron chi connectivity index (χ1n) is 12.1. The number of nitrogens with one attached hydrogen (secondary N) is 1. The summed E-state index contributed by atoms with van der Waals surface area (Å²) in [6.07, 6.45) is 2.68. The molecule has 1 aliphatic heterocycles. The van der Waals surface area contributed by atoms with Gasteiger partial charge in [0.25, 0.3) is 5.91 Å². The Bertz CT molecular complexity index is 1630. The highest BCUT2D eigenvalue weighted by molar-refractivity contribution is 7.90. The number of sulfone groups is 1. The van der Waals surface area contributed by atoms with E-state index in [0.29, 0.717) is 59.2 Å². The van der Waals surface area contributed by atoms with Crippen molar-refractivity contribution in [2.24, 2.45) is 0 Å². The van der Waals surface area contributed by atoms with Crippen molar-refractivity contribution in [1.82, 2.24) is 10.2 Å². The fraction of sp³-hybridized carbons (Fsp3) is 0.250. The smallest absolute Gasteiger partial charge is 0.254 e. The van der Waals surface area contributed by atoms with E-state index in [2.05, 4.69) is 5.32 Å².